The van der Waals surface area contributed by atoms with E-state index in [0.29, 0.717) is 0 Å². The summed E-state index contributed by atoms with van der Waals surface area (Å²) in [6.07, 6.45) is 4.50. The Morgan fingerprint density at radius 3 is 2.48 bits per heavy atom. The lowest BCUT2D eigenvalue weighted by Crippen LogP contribution is -1.94. The van der Waals surface area contributed by atoms with Crippen LogP contribution in [-0.4, -0.2) is 9.97 Å². The molecule has 0 aliphatic carbocycles. The number of hydrogen-bond donors (Lipinski definition) is 0. The van der Waals surface area contributed by atoms with E-state index in [9.17, 15) is 0 Å². The second-order valence-electron chi connectivity index (χ2n) is 5.06. The van der Waals surface area contributed by atoms with Gasteiger partial charge in [-0.1, -0.05) is 41.4 Å². The van der Waals surface area contributed by atoms with Gasteiger partial charge in [0.05, 0.1) is 5.69 Å². The van der Waals surface area contributed by atoms with Gasteiger partial charge in [0.15, 0.2) is 6.33 Å². The number of rotatable bonds is 2. The van der Waals surface area contributed by atoms with E-state index in [-0.39, 0.29) is 0 Å². The Morgan fingerprint density at radius 2 is 1.71 bits per heavy atom. The first-order valence-electron chi connectivity index (χ1n) is 6.72. The third-order valence-corrected chi connectivity index (χ3v) is 3.72. The van der Waals surface area contributed by atoms with Crippen molar-refractivity contribution in [3.05, 3.63) is 71.1 Å². The highest BCUT2D eigenvalue weighted by Crippen LogP contribution is 2.32. The summed E-state index contributed by atoms with van der Waals surface area (Å²) in [6, 6.07) is 14.1. The molecule has 1 radical (unpaired) electrons. The largest absolute Gasteiger partial charge is 0.233 e. The highest BCUT2D eigenvalue weighted by Gasteiger charge is 2.11. The van der Waals surface area contributed by atoms with Gasteiger partial charge in [0.25, 0.3) is 0 Å². The summed E-state index contributed by atoms with van der Waals surface area (Å²) in [5.74, 6) is 0. The van der Waals surface area contributed by atoms with Gasteiger partial charge in [-0.25, -0.2) is 9.97 Å². The van der Waals surface area contributed by atoms with Crippen LogP contribution >= 0.6 is 11.6 Å². The van der Waals surface area contributed by atoms with Gasteiger partial charge in [-0.15, -0.1) is 0 Å². The fourth-order valence-corrected chi connectivity index (χ4v) is 2.46. The number of aryl methyl sites for hydroxylation is 2. The average Bonchev–Trinajstić information content (AvgIpc) is 2.51. The molecule has 0 N–H and O–H groups in total. The molecule has 0 aliphatic rings. The standard InChI is InChI=1S/C18H14ClN2/c1-12-3-4-13(2)16(9-12)18-17(10-20-11-21-18)14-5-7-15(19)8-6-14/h3-10H,1-2H3. The Bertz CT molecular complexity index is 779. The number of aromatic nitrogens is 2. The van der Waals surface area contributed by atoms with Crippen molar-refractivity contribution in [3.8, 4) is 22.4 Å². The van der Waals surface area contributed by atoms with Crippen molar-refractivity contribution in [2.24, 2.45) is 0 Å². The van der Waals surface area contributed by atoms with Gasteiger partial charge in [-0.3, -0.25) is 0 Å². The summed E-state index contributed by atoms with van der Waals surface area (Å²) in [5, 5.41) is 0.718. The zero-order valence-electron chi connectivity index (χ0n) is 11.9. The van der Waals surface area contributed by atoms with Gasteiger partial charge in [0.1, 0.15) is 0 Å². The Morgan fingerprint density at radius 1 is 0.952 bits per heavy atom. The van der Waals surface area contributed by atoms with Crippen LogP contribution in [0.25, 0.3) is 22.4 Å². The molecule has 0 spiro atoms. The fourth-order valence-electron chi connectivity index (χ4n) is 2.33. The second kappa shape index (κ2) is 5.66. The molecule has 3 rings (SSSR count). The number of benzene rings is 2. The molecule has 0 bridgehead atoms. The number of nitrogens with zero attached hydrogens (tertiary/aromatic N) is 2. The maximum atomic E-state index is 5.96. The van der Waals surface area contributed by atoms with Crippen molar-refractivity contribution < 1.29 is 0 Å². The maximum Gasteiger partial charge on any atom is 0.198 e. The van der Waals surface area contributed by atoms with Crippen molar-refractivity contribution in [2.75, 3.05) is 0 Å². The van der Waals surface area contributed by atoms with E-state index in [0.717, 1.165) is 27.4 Å². The first kappa shape index (κ1) is 13.8. The molecule has 0 aliphatic heterocycles. The smallest absolute Gasteiger partial charge is 0.198 e. The minimum Gasteiger partial charge on any atom is -0.233 e. The van der Waals surface area contributed by atoms with E-state index in [4.69, 9.17) is 11.6 Å². The van der Waals surface area contributed by atoms with Gasteiger partial charge >= 0.3 is 0 Å². The van der Waals surface area contributed by atoms with Crippen LogP contribution in [0.5, 0.6) is 0 Å². The van der Waals surface area contributed by atoms with E-state index in [2.05, 4.69) is 48.3 Å². The Labute approximate surface area is 129 Å². The third kappa shape index (κ3) is 2.81. The first-order chi connectivity index (χ1) is 10.1. The van der Waals surface area contributed by atoms with Crippen molar-refractivity contribution >= 4 is 11.6 Å². The first-order valence-corrected chi connectivity index (χ1v) is 7.09. The van der Waals surface area contributed by atoms with Gasteiger partial charge in [0, 0.05) is 22.3 Å². The fraction of sp³-hybridized carbons (Fsp3) is 0.111. The normalized spacial score (nSPS) is 10.6. The monoisotopic (exact) mass is 293 g/mol. The van der Waals surface area contributed by atoms with Crippen LogP contribution in [-0.2, 0) is 0 Å². The van der Waals surface area contributed by atoms with Gasteiger partial charge < -0.3 is 0 Å². The maximum absolute atomic E-state index is 5.96. The van der Waals surface area contributed by atoms with Gasteiger partial charge in [-0.05, 0) is 43.2 Å². The summed E-state index contributed by atoms with van der Waals surface area (Å²) in [7, 11) is 0. The summed E-state index contributed by atoms with van der Waals surface area (Å²) >= 11 is 5.96. The van der Waals surface area contributed by atoms with E-state index in [1.165, 1.54) is 11.1 Å². The number of hydrogen-bond acceptors (Lipinski definition) is 2. The highest BCUT2D eigenvalue weighted by atomic mass is 35.5. The van der Waals surface area contributed by atoms with Crippen molar-refractivity contribution in [2.45, 2.75) is 13.8 Å². The molecule has 0 saturated heterocycles. The van der Waals surface area contributed by atoms with Crippen LogP contribution in [0.2, 0.25) is 5.02 Å². The van der Waals surface area contributed by atoms with E-state index < -0.39 is 0 Å². The molecule has 0 amide bonds. The molecule has 1 aromatic heterocycles. The molecule has 3 heteroatoms. The Hall–Kier alpha value is -2.19. The van der Waals surface area contributed by atoms with E-state index in [1.54, 1.807) is 6.20 Å². The molecule has 3 aromatic rings. The summed E-state index contributed by atoms with van der Waals surface area (Å²) in [5.41, 5.74) is 6.43. The van der Waals surface area contributed by atoms with E-state index >= 15 is 0 Å². The zero-order chi connectivity index (χ0) is 14.8. The molecular formula is C18H14ClN2. The molecule has 0 saturated carbocycles. The molecule has 2 nitrogen and oxygen atoms in total. The van der Waals surface area contributed by atoms with Crippen molar-refractivity contribution in [1.82, 2.24) is 9.97 Å². The topological polar surface area (TPSA) is 25.8 Å². The van der Waals surface area contributed by atoms with E-state index in [1.807, 2.05) is 24.3 Å². The third-order valence-electron chi connectivity index (χ3n) is 3.47. The quantitative estimate of drug-likeness (QED) is 0.673. The van der Waals surface area contributed by atoms with Crippen LogP contribution in [0.3, 0.4) is 0 Å². The predicted octanol–water partition coefficient (Wildman–Crippen LogP) is 4.88. The second-order valence-corrected chi connectivity index (χ2v) is 5.49. The average molecular weight is 294 g/mol. The Balaban J connectivity index is 2.20. The van der Waals surface area contributed by atoms with Gasteiger partial charge in [0.2, 0.25) is 0 Å². The highest BCUT2D eigenvalue weighted by molar-refractivity contribution is 6.30. The lowest BCUT2D eigenvalue weighted by atomic mass is 9.96. The van der Waals surface area contributed by atoms with Crippen LogP contribution in [0, 0.1) is 20.2 Å². The minimum absolute atomic E-state index is 0.718. The van der Waals surface area contributed by atoms with Crippen LogP contribution < -0.4 is 0 Å². The van der Waals surface area contributed by atoms with Crippen LogP contribution in [0.15, 0.2) is 48.7 Å². The molecular weight excluding hydrogens is 280 g/mol. The molecule has 1 heterocycles. The van der Waals surface area contributed by atoms with Gasteiger partial charge in [-0.2, -0.15) is 0 Å². The summed E-state index contributed by atoms with van der Waals surface area (Å²) in [4.78, 5) is 8.43. The number of halogens is 1. The van der Waals surface area contributed by atoms with Crippen LogP contribution in [0.4, 0.5) is 0 Å². The molecule has 21 heavy (non-hydrogen) atoms. The van der Waals surface area contributed by atoms with Crippen molar-refractivity contribution in [3.63, 3.8) is 0 Å². The SMILES string of the molecule is Cc1ccc(C)c(-c2n[c]ncc2-c2ccc(Cl)cc2)c1. The predicted molar refractivity (Wildman–Crippen MR) is 86.2 cm³/mol. The molecule has 2 aromatic carbocycles. The lowest BCUT2D eigenvalue weighted by Gasteiger charge is -2.11. The lowest BCUT2D eigenvalue weighted by molar-refractivity contribution is 1.15. The minimum atomic E-state index is 0.718. The van der Waals surface area contributed by atoms with Crippen LogP contribution in [0.1, 0.15) is 11.1 Å². The van der Waals surface area contributed by atoms with Crippen molar-refractivity contribution in [1.29, 1.82) is 0 Å². The molecule has 0 atom stereocenters. The molecule has 0 unspecified atom stereocenters. The molecule has 0 fully saturated rings. The Kier molecular flexibility index (Phi) is 3.72. The summed E-state index contributed by atoms with van der Waals surface area (Å²) in [6.45, 7) is 4.17. The summed E-state index contributed by atoms with van der Waals surface area (Å²) < 4.78 is 0. The zero-order valence-corrected chi connectivity index (χ0v) is 12.6. The molecule has 103 valence electrons.